The highest BCUT2D eigenvalue weighted by Crippen LogP contribution is 2.37. The summed E-state index contributed by atoms with van der Waals surface area (Å²) in [4.78, 5) is 25.7. The fourth-order valence-electron chi connectivity index (χ4n) is 4.65. The second kappa shape index (κ2) is 7.88. The Kier molecular flexibility index (Phi) is 4.87. The molecule has 0 unspecified atom stereocenters. The first-order chi connectivity index (χ1) is 16.0. The van der Waals surface area contributed by atoms with Crippen LogP contribution in [0.3, 0.4) is 0 Å². The van der Waals surface area contributed by atoms with Crippen molar-refractivity contribution < 1.29 is 0 Å². The Morgan fingerprint density at radius 1 is 0.879 bits per heavy atom. The zero-order valence-corrected chi connectivity index (χ0v) is 18.2. The second-order valence-corrected chi connectivity index (χ2v) is 8.17. The molecule has 0 aliphatic rings. The molecule has 3 aromatic heterocycles. The van der Waals surface area contributed by atoms with E-state index < -0.39 is 5.92 Å². The van der Waals surface area contributed by atoms with Crippen LogP contribution in [0.4, 0.5) is 0 Å². The Morgan fingerprint density at radius 3 is 2.09 bits per heavy atom. The normalized spacial score (nSPS) is 11.3. The molecule has 4 N–H and O–H groups in total. The minimum Gasteiger partial charge on any atom is -0.343 e. The fraction of sp³-hybridized carbons (Fsp3) is 0.160. The van der Waals surface area contributed by atoms with Gasteiger partial charge in [-0.2, -0.15) is 5.26 Å². The van der Waals surface area contributed by atoms with Crippen molar-refractivity contribution in [2.24, 2.45) is 0 Å². The van der Waals surface area contributed by atoms with E-state index in [9.17, 15) is 14.9 Å². The van der Waals surface area contributed by atoms with Gasteiger partial charge in [-0.15, -0.1) is 0 Å². The lowest BCUT2D eigenvalue weighted by Gasteiger charge is -2.15. The van der Waals surface area contributed by atoms with Crippen molar-refractivity contribution in [1.29, 1.82) is 5.26 Å². The van der Waals surface area contributed by atoms with Crippen molar-refractivity contribution >= 4 is 10.9 Å². The average molecular weight is 438 g/mol. The molecular weight excluding hydrogens is 416 g/mol. The third-order valence-electron chi connectivity index (χ3n) is 6.21. The molecule has 5 aromatic rings. The van der Waals surface area contributed by atoms with Crippen LogP contribution in [0.15, 0.2) is 64.3 Å². The maximum Gasteiger partial charge on any atom is 0.268 e. The molecule has 0 bridgehead atoms. The molecule has 0 saturated carbocycles. The first-order valence-electron chi connectivity index (χ1n) is 10.6. The Labute approximate surface area is 188 Å². The van der Waals surface area contributed by atoms with Crippen LogP contribution in [0.5, 0.6) is 0 Å². The number of nitrogens with one attached hydrogen (secondary N) is 4. The first kappa shape index (κ1) is 20.4. The first-order valence-corrected chi connectivity index (χ1v) is 10.6. The number of hydrogen-bond acceptors (Lipinski definition) is 3. The summed E-state index contributed by atoms with van der Waals surface area (Å²) < 4.78 is 2.07. The molecule has 8 nitrogen and oxygen atoms in total. The number of H-pyrrole nitrogens is 4. The number of para-hydroxylation sites is 1. The number of aryl methyl sites for hydroxylation is 2. The largest absolute Gasteiger partial charge is 0.343 e. The number of nitrogens with zero attached hydrogens (tertiary/aromatic N) is 2. The zero-order valence-electron chi connectivity index (χ0n) is 18.2. The number of fused-ring (bicyclic) bond motifs is 1. The summed E-state index contributed by atoms with van der Waals surface area (Å²) in [5.74, 6) is -0.577. The third kappa shape index (κ3) is 3.31. The van der Waals surface area contributed by atoms with Crippen LogP contribution in [0.2, 0.25) is 0 Å². The molecule has 0 amide bonds. The maximum absolute atomic E-state index is 12.8. The van der Waals surface area contributed by atoms with E-state index in [1.54, 1.807) is 6.07 Å². The molecule has 0 spiro atoms. The van der Waals surface area contributed by atoms with Gasteiger partial charge < -0.3 is 14.8 Å². The van der Waals surface area contributed by atoms with Gasteiger partial charge in [0.25, 0.3) is 11.1 Å². The molecule has 2 aromatic carbocycles. The van der Waals surface area contributed by atoms with Gasteiger partial charge in [-0.05, 0) is 37.1 Å². The molecular formula is C25H22N6O2. The van der Waals surface area contributed by atoms with Gasteiger partial charge in [-0.3, -0.25) is 19.8 Å². The molecule has 164 valence electrons. The van der Waals surface area contributed by atoms with Gasteiger partial charge >= 0.3 is 0 Å². The van der Waals surface area contributed by atoms with Gasteiger partial charge in [-0.25, -0.2) is 0 Å². The summed E-state index contributed by atoms with van der Waals surface area (Å²) in [7, 11) is 0. The predicted molar refractivity (Wildman–Crippen MR) is 125 cm³/mol. The summed E-state index contributed by atoms with van der Waals surface area (Å²) in [6.07, 6.45) is 1.99. The van der Waals surface area contributed by atoms with E-state index in [2.05, 4.69) is 31.0 Å². The molecule has 0 aliphatic carbocycles. The molecule has 5 rings (SSSR count). The van der Waals surface area contributed by atoms with E-state index in [1.165, 1.54) is 0 Å². The van der Waals surface area contributed by atoms with Crippen LogP contribution in [-0.4, -0.2) is 25.0 Å². The highest BCUT2D eigenvalue weighted by atomic mass is 16.1. The summed E-state index contributed by atoms with van der Waals surface area (Å²) in [6.45, 7) is 4.12. The van der Waals surface area contributed by atoms with Gasteiger partial charge in [0, 0.05) is 35.0 Å². The van der Waals surface area contributed by atoms with Gasteiger partial charge in [-0.1, -0.05) is 36.4 Å². The van der Waals surface area contributed by atoms with Crippen molar-refractivity contribution in [1.82, 2.24) is 25.0 Å². The lowest BCUT2D eigenvalue weighted by atomic mass is 9.85. The third-order valence-corrected chi connectivity index (χ3v) is 6.21. The van der Waals surface area contributed by atoms with Gasteiger partial charge in [0.15, 0.2) is 0 Å². The highest BCUT2D eigenvalue weighted by Gasteiger charge is 2.30. The number of hydrogen-bond donors (Lipinski definition) is 4. The van der Waals surface area contributed by atoms with Crippen molar-refractivity contribution in [2.75, 3.05) is 0 Å². The fourth-order valence-corrected chi connectivity index (χ4v) is 4.65. The summed E-state index contributed by atoms with van der Waals surface area (Å²) in [5, 5.41) is 21.6. The number of aromatic nitrogens is 5. The Morgan fingerprint density at radius 2 is 1.48 bits per heavy atom. The molecule has 0 radical (unpaired) electrons. The van der Waals surface area contributed by atoms with Crippen molar-refractivity contribution in [3.05, 3.63) is 115 Å². The molecule has 0 saturated heterocycles. The molecule has 8 heteroatoms. The van der Waals surface area contributed by atoms with Crippen molar-refractivity contribution in [2.45, 2.75) is 26.3 Å². The Balaban J connectivity index is 1.78. The van der Waals surface area contributed by atoms with E-state index in [-0.39, 0.29) is 11.1 Å². The monoisotopic (exact) mass is 438 g/mol. The van der Waals surface area contributed by atoms with E-state index in [0.29, 0.717) is 34.6 Å². The van der Waals surface area contributed by atoms with Crippen LogP contribution < -0.4 is 11.1 Å². The standard InChI is InChI=1S/C25H22N6O2/c1-14-21(24(32)29-27-14)23(22-15(2)28-30-25(22)33)19-13-31(20-10-6-5-9-18(19)20)12-17-8-4-3-7-16(17)11-26/h3-10,13,23H,12H2,1-2H3,(H2,27,29,32)(H2,28,30,33). The highest BCUT2D eigenvalue weighted by molar-refractivity contribution is 5.86. The van der Waals surface area contributed by atoms with E-state index in [1.807, 2.05) is 62.5 Å². The topological polar surface area (TPSA) is 126 Å². The number of aromatic amines is 4. The van der Waals surface area contributed by atoms with E-state index in [0.717, 1.165) is 22.0 Å². The van der Waals surface area contributed by atoms with Gasteiger partial charge in [0.1, 0.15) is 0 Å². The van der Waals surface area contributed by atoms with Crippen molar-refractivity contribution in [3.63, 3.8) is 0 Å². The van der Waals surface area contributed by atoms with Crippen LogP contribution in [-0.2, 0) is 6.54 Å². The van der Waals surface area contributed by atoms with Crippen molar-refractivity contribution in [3.8, 4) is 6.07 Å². The molecule has 0 atom stereocenters. The average Bonchev–Trinajstić information content (AvgIpc) is 3.47. The van der Waals surface area contributed by atoms with E-state index in [4.69, 9.17) is 0 Å². The second-order valence-electron chi connectivity index (χ2n) is 8.17. The summed E-state index contributed by atoms with van der Waals surface area (Å²) in [5.41, 5.74) is 5.16. The van der Waals surface area contributed by atoms with E-state index >= 15 is 0 Å². The number of nitriles is 1. The van der Waals surface area contributed by atoms with Crippen LogP contribution in [0, 0.1) is 25.2 Å². The maximum atomic E-state index is 12.8. The lowest BCUT2D eigenvalue weighted by molar-refractivity contribution is 0.821. The van der Waals surface area contributed by atoms with Crippen LogP contribution in [0.25, 0.3) is 10.9 Å². The number of rotatable bonds is 5. The number of benzene rings is 2. The summed E-state index contributed by atoms with van der Waals surface area (Å²) >= 11 is 0. The molecule has 33 heavy (non-hydrogen) atoms. The molecule has 0 fully saturated rings. The predicted octanol–water partition coefficient (Wildman–Crippen LogP) is 3.39. The minimum absolute atomic E-state index is 0.260. The Bertz CT molecular complexity index is 1580. The minimum atomic E-state index is -0.577. The SMILES string of the molecule is Cc1[nH][nH]c(=O)c1C(c1c(C)[nH][nH]c1=O)c1cn(Cc2ccccc2C#N)c2ccccc12. The molecule has 3 heterocycles. The van der Waals surface area contributed by atoms with Crippen LogP contribution >= 0.6 is 0 Å². The Hall–Kier alpha value is -4.51. The smallest absolute Gasteiger partial charge is 0.268 e. The zero-order chi connectivity index (χ0) is 23.1. The summed E-state index contributed by atoms with van der Waals surface area (Å²) in [6, 6.07) is 17.7. The van der Waals surface area contributed by atoms with Gasteiger partial charge in [0.2, 0.25) is 0 Å². The lowest BCUT2D eigenvalue weighted by Crippen LogP contribution is -2.20. The molecule has 0 aliphatic heterocycles. The van der Waals surface area contributed by atoms with Gasteiger partial charge in [0.05, 0.1) is 28.7 Å². The quantitative estimate of drug-likeness (QED) is 0.336. The van der Waals surface area contributed by atoms with Crippen LogP contribution in [0.1, 0.15) is 45.1 Å².